The van der Waals surface area contributed by atoms with Gasteiger partial charge >= 0.3 is 0 Å². The molecule has 1 atom stereocenters. The highest BCUT2D eigenvalue weighted by Crippen LogP contribution is 2.24. The summed E-state index contributed by atoms with van der Waals surface area (Å²) in [7, 11) is 0. The summed E-state index contributed by atoms with van der Waals surface area (Å²) in [6, 6.07) is 11.1. The third kappa shape index (κ3) is 5.87. The molecule has 2 rings (SSSR count). The zero-order chi connectivity index (χ0) is 16.5. The number of nitrogens with zero attached hydrogens (tertiary/aromatic N) is 2. The van der Waals surface area contributed by atoms with E-state index < -0.39 is 0 Å². The van der Waals surface area contributed by atoms with E-state index in [1.165, 1.54) is 24.8 Å². The van der Waals surface area contributed by atoms with Crippen molar-refractivity contribution in [1.29, 1.82) is 0 Å². The maximum atomic E-state index is 6.05. The molecule has 3 N–H and O–H groups in total. The van der Waals surface area contributed by atoms with Crippen LogP contribution in [-0.2, 0) is 6.42 Å². The topological polar surface area (TPSA) is 53.6 Å². The SMILES string of the molecule is CCN(CC)C(CN=C(N)NCC1CCC1)Cc1ccccc1. The number of hydrogen-bond acceptors (Lipinski definition) is 2. The Labute approximate surface area is 141 Å². The first-order valence-corrected chi connectivity index (χ1v) is 9.04. The van der Waals surface area contributed by atoms with Gasteiger partial charge in [-0.1, -0.05) is 50.6 Å². The zero-order valence-corrected chi connectivity index (χ0v) is 14.7. The number of likely N-dealkylation sites (N-methyl/N-ethyl adjacent to an activating group) is 1. The van der Waals surface area contributed by atoms with Crippen LogP contribution < -0.4 is 11.1 Å². The highest BCUT2D eigenvalue weighted by atomic mass is 15.2. The van der Waals surface area contributed by atoms with Crippen LogP contribution in [0.25, 0.3) is 0 Å². The molecule has 23 heavy (non-hydrogen) atoms. The predicted molar refractivity (Wildman–Crippen MR) is 98.7 cm³/mol. The Balaban J connectivity index is 1.90. The van der Waals surface area contributed by atoms with Gasteiger partial charge in [-0.3, -0.25) is 9.89 Å². The van der Waals surface area contributed by atoms with Gasteiger partial charge in [0.2, 0.25) is 0 Å². The van der Waals surface area contributed by atoms with Crippen LogP contribution in [0.4, 0.5) is 0 Å². The Morgan fingerprint density at radius 2 is 1.96 bits per heavy atom. The lowest BCUT2D eigenvalue weighted by Crippen LogP contribution is -2.41. The molecule has 0 saturated heterocycles. The monoisotopic (exact) mass is 316 g/mol. The average Bonchev–Trinajstić information content (AvgIpc) is 2.53. The molecule has 0 heterocycles. The first-order valence-electron chi connectivity index (χ1n) is 9.04. The Morgan fingerprint density at radius 1 is 1.26 bits per heavy atom. The van der Waals surface area contributed by atoms with Crippen LogP contribution in [0, 0.1) is 5.92 Å². The van der Waals surface area contributed by atoms with Crippen molar-refractivity contribution < 1.29 is 0 Å². The Kier molecular flexibility index (Phi) is 7.40. The molecule has 0 bridgehead atoms. The summed E-state index contributed by atoms with van der Waals surface area (Å²) in [5, 5.41) is 3.29. The van der Waals surface area contributed by atoms with Crippen molar-refractivity contribution >= 4 is 5.96 Å². The van der Waals surface area contributed by atoms with E-state index >= 15 is 0 Å². The molecule has 0 aliphatic heterocycles. The fraction of sp³-hybridized carbons (Fsp3) is 0.632. The van der Waals surface area contributed by atoms with Crippen molar-refractivity contribution in [2.24, 2.45) is 16.6 Å². The minimum Gasteiger partial charge on any atom is -0.370 e. The van der Waals surface area contributed by atoms with Crippen LogP contribution in [-0.4, -0.2) is 43.1 Å². The van der Waals surface area contributed by atoms with Gasteiger partial charge in [0, 0.05) is 12.6 Å². The van der Waals surface area contributed by atoms with Crippen LogP contribution in [0.15, 0.2) is 35.3 Å². The molecule has 1 aliphatic rings. The third-order valence-electron chi connectivity index (χ3n) is 4.91. The summed E-state index contributed by atoms with van der Waals surface area (Å²) in [5.74, 6) is 1.40. The lowest BCUT2D eigenvalue weighted by Gasteiger charge is -2.29. The number of benzene rings is 1. The largest absolute Gasteiger partial charge is 0.370 e. The van der Waals surface area contributed by atoms with E-state index in [0.717, 1.165) is 38.5 Å². The summed E-state index contributed by atoms with van der Waals surface area (Å²) < 4.78 is 0. The van der Waals surface area contributed by atoms with Gasteiger partial charge in [-0.25, -0.2) is 0 Å². The molecule has 1 aliphatic carbocycles. The van der Waals surface area contributed by atoms with E-state index in [0.29, 0.717) is 12.0 Å². The molecule has 0 spiro atoms. The van der Waals surface area contributed by atoms with Crippen LogP contribution >= 0.6 is 0 Å². The first kappa shape index (κ1) is 17.8. The van der Waals surface area contributed by atoms with Gasteiger partial charge in [-0.05, 0) is 43.8 Å². The van der Waals surface area contributed by atoms with Crippen molar-refractivity contribution in [3.63, 3.8) is 0 Å². The second-order valence-corrected chi connectivity index (χ2v) is 6.47. The fourth-order valence-corrected chi connectivity index (χ4v) is 3.14. The number of rotatable bonds is 9. The van der Waals surface area contributed by atoms with Crippen molar-refractivity contribution in [1.82, 2.24) is 10.2 Å². The molecule has 4 nitrogen and oxygen atoms in total. The van der Waals surface area contributed by atoms with Crippen molar-refractivity contribution in [2.75, 3.05) is 26.2 Å². The molecule has 4 heteroatoms. The Hall–Kier alpha value is -1.55. The summed E-state index contributed by atoms with van der Waals surface area (Å²) in [5.41, 5.74) is 7.41. The molecule has 0 amide bonds. The molecule has 1 saturated carbocycles. The summed E-state index contributed by atoms with van der Waals surface area (Å²) in [4.78, 5) is 7.08. The van der Waals surface area contributed by atoms with Gasteiger partial charge in [-0.15, -0.1) is 0 Å². The van der Waals surface area contributed by atoms with E-state index in [2.05, 4.69) is 59.4 Å². The summed E-state index contributed by atoms with van der Waals surface area (Å²) >= 11 is 0. The fourth-order valence-electron chi connectivity index (χ4n) is 3.14. The standard InChI is InChI=1S/C19H32N4/c1-3-23(4-2)18(13-16-9-6-5-7-10-16)15-22-19(20)21-14-17-11-8-12-17/h5-7,9-10,17-18H,3-4,8,11-15H2,1-2H3,(H3,20,21,22). The minimum absolute atomic E-state index is 0.399. The van der Waals surface area contributed by atoms with Gasteiger partial charge in [0.15, 0.2) is 5.96 Å². The van der Waals surface area contributed by atoms with E-state index in [9.17, 15) is 0 Å². The van der Waals surface area contributed by atoms with E-state index in [-0.39, 0.29) is 0 Å². The molecule has 128 valence electrons. The highest BCUT2D eigenvalue weighted by molar-refractivity contribution is 5.77. The van der Waals surface area contributed by atoms with Crippen LogP contribution in [0.2, 0.25) is 0 Å². The minimum atomic E-state index is 0.399. The Morgan fingerprint density at radius 3 is 2.52 bits per heavy atom. The van der Waals surface area contributed by atoms with Gasteiger partial charge < -0.3 is 11.1 Å². The molecular weight excluding hydrogens is 284 g/mol. The molecule has 1 unspecified atom stereocenters. The second-order valence-electron chi connectivity index (χ2n) is 6.47. The number of nitrogens with two attached hydrogens (primary N) is 1. The van der Waals surface area contributed by atoms with Crippen LogP contribution in [0.5, 0.6) is 0 Å². The average molecular weight is 316 g/mol. The first-order chi connectivity index (χ1) is 11.2. The summed E-state index contributed by atoms with van der Waals surface area (Å²) in [6.07, 6.45) is 5.04. The van der Waals surface area contributed by atoms with E-state index in [1.54, 1.807) is 0 Å². The lowest BCUT2D eigenvalue weighted by atomic mass is 9.85. The van der Waals surface area contributed by atoms with Crippen molar-refractivity contribution in [2.45, 2.75) is 45.6 Å². The Bertz CT molecular complexity index is 464. The number of nitrogens with one attached hydrogen (secondary N) is 1. The number of guanidine groups is 1. The maximum Gasteiger partial charge on any atom is 0.188 e. The molecule has 0 radical (unpaired) electrons. The van der Waals surface area contributed by atoms with Gasteiger partial charge in [0.1, 0.15) is 0 Å². The van der Waals surface area contributed by atoms with Gasteiger partial charge in [-0.2, -0.15) is 0 Å². The second kappa shape index (κ2) is 9.56. The van der Waals surface area contributed by atoms with Crippen LogP contribution in [0.1, 0.15) is 38.7 Å². The van der Waals surface area contributed by atoms with Crippen molar-refractivity contribution in [3.8, 4) is 0 Å². The predicted octanol–water partition coefficient (Wildman–Crippen LogP) is 2.64. The lowest BCUT2D eigenvalue weighted by molar-refractivity contribution is 0.220. The molecule has 1 aromatic carbocycles. The van der Waals surface area contributed by atoms with Gasteiger partial charge in [0.05, 0.1) is 6.54 Å². The molecular formula is C19H32N4. The quantitative estimate of drug-likeness (QED) is 0.544. The number of hydrogen-bond donors (Lipinski definition) is 2. The normalized spacial score (nSPS) is 17.1. The van der Waals surface area contributed by atoms with E-state index in [4.69, 9.17) is 5.73 Å². The van der Waals surface area contributed by atoms with E-state index in [1.807, 2.05) is 0 Å². The van der Waals surface area contributed by atoms with Gasteiger partial charge in [0.25, 0.3) is 0 Å². The smallest absolute Gasteiger partial charge is 0.188 e. The summed E-state index contributed by atoms with van der Waals surface area (Å²) in [6.45, 7) is 8.23. The molecule has 1 aromatic rings. The maximum absolute atomic E-state index is 6.05. The highest BCUT2D eigenvalue weighted by Gasteiger charge is 2.18. The zero-order valence-electron chi connectivity index (χ0n) is 14.7. The number of aliphatic imine (C=N–C) groups is 1. The van der Waals surface area contributed by atoms with Crippen LogP contribution in [0.3, 0.4) is 0 Å². The molecule has 1 fully saturated rings. The van der Waals surface area contributed by atoms with Crippen molar-refractivity contribution in [3.05, 3.63) is 35.9 Å². The third-order valence-corrected chi connectivity index (χ3v) is 4.91. The molecule has 0 aromatic heterocycles.